The van der Waals surface area contributed by atoms with Crippen molar-refractivity contribution in [2.24, 2.45) is 0 Å². The Morgan fingerprint density at radius 1 is 1.40 bits per heavy atom. The van der Waals surface area contributed by atoms with Crippen LogP contribution in [0.2, 0.25) is 0 Å². The highest BCUT2D eigenvalue weighted by Crippen LogP contribution is 2.28. The number of hydrogen-bond donors (Lipinski definition) is 2. The average Bonchev–Trinajstić information content (AvgIpc) is 2.92. The Morgan fingerprint density at radius 2 is 2.20 bits per heavy atom. The van der Waals surface area contributed by atoms with Gasteiger partial charge in [-0.2, -0.15) is 4.37 Å². The van der Waals surface area contributed by atoms with Crippen LogP contribution in [0.5, 0.6) is 5.75 Å². The van der Waals surface area contributed by atoms with Gasteiger partial charge >= 0.3 is 7.12 Å². The van der Waals surface area contributed by atoms with E-state index in [0.717, 1.165) is 27.9 Å². The van der Waals surface area contributed by atoms with E-state index in [9.17, 15) is 10.0 Å². The molecule has 0 spiro atoms. The second kappa shape index (κ2) is 7.08. The molecule has 0 aliphatic heterocycles. The highest BCUT2D eigenvalue weighted by molar-refractivity contribution is 8.00. The van der Waals surface area contributed by atoms with Crippen LogP contribution in [0.25, 0.3) is 0 Å². The quantitative estimate of drug-likeness (QED) is 0.614. The summed E-state index contributed by atoms with van der Waals surface area (Å²) in [5.74, 6) is 2.22. The third-order valence-corrected chi connectivity index (χ3v) is 4.64. The minimum absolute atomic E-state index is 0.452. The van der Waals surface area contributed by atoms with Gasteiger partial charge in [0.2, 0.25) is 0 Å². The van der Waals surface area contributed by atoms with E-state index in [2.05, 4.69) is 9.36 Å². The Labute approximate surface area is 126 Å². The fourth-order valence-electron chi connectivity index (χ4n) is 1.65. The van der Waals surface area contributed by atoms with Crippen molar-refractivity contribution in [3.8, 4) is 5.75 Å². The first-order chi connectivity index (χ1) is 9.63. The molecule has 1 aromatic carbocycles. The fraction of sp³-hybridized carbons (Fsp3) is 0.333. The number of ether oxygens (including phenoxy) is 1. The highest BCUT2D eigenvalue weighted by atomic mass is 32.2. The monoisotopic (exact) mass is 310 g/mol. The van der Waals surface area contributed by atoms with Crippen LogP contribution >= 0.6 is 23.3 Å². The smallest absolute Gasteiger partial charge is 0.488 e. The van der Waals surface area contributed by atoms with Crippen molar-refractivity contribution < 1.29 is 14.8 Å². The largest absolute Gasteiger partial charge is 0.496 e. The minimum atomic E-state index is -1.47. The minimum Gasteiger partial charge on any atom is -0.496 e. The van der Waals surface area contributed by atoms with Crippen molar-refractivity contribution >= 4 is 35.9 Å². The standard InChI is InChI=1S/C12H15BN2O3S2/c1-3-11-14-12(20-15-11)19-7-8-6-9(13(16)17)4-5-10(8)18-2/h4-6,16-17H,3,7H2,1-2H3. The molecule has 0 saturated heterocycles. The lowest BCUT2D eigenvalue weighted by Gasteiger charge is -2.09. The molecule has 2 rings (SSSR count). The molecule has 0 amide bonds. The topological polar surface area (TPSA) is 75.5 Å². The number of methoxy groups -OCH3 is 1. The third kappa shape index (κ3) is 3.72. The van der Waals surface area contributed by atoms with Crippen molar-refractivity contribution in [3.63, 3.8) is 0 Å². The maximum Gasteiger partial charge on any atom is 0.488 e. The predicted octanol–water partition coefficient (Wildman–Crippen LogP) is 1.08. The van der Waals surface area contributed by atoms with Gasteiger partial charge in [-0.1, -0.05) is 30.8 Å². The molecule has 0 fully saturated rings. The summed E-state index contributed by atoms with van der Waals surface area (Å²) in [5.41, 5.74) is 1.35. The molecule has 5 nitrogen and oxygen atoms in total. The molecule has 0 radical (unpaired) electrons. The van der Waals surface area contributed by atoms with Gasteiger partial charge in [-0.3, -0.25) is 0 Å². The zero-order valence-electron chi connectivity index (χ0n) is 11.2. The Balaban J connectivity index is 2.12. The summed E-state index contributed by atoms with van der Waals surface area (Å²) in [7, 11) is 0.122. The molecular weight excluding hydrogens is 295 g/mol. The summed E-state index contributed by atoms with van der Waals surface area (Å²) < 4.78 is 10.4. The first-order valence-electron chi connectivity index (χ1n) is 6.12. The molecule has 1 heterocycles. The Morgan fingerprint density at radius 3 is 2.80 bits per heavy atom. The molecule has 2 aromatic rings. The normalized spacial score (nSPS) is 10.6. The number of hydrogen-bond acceptors (Lipinski definition) is 7. The zero-order valence-corrected chi connectivity index (χ0v) is 12.9. The Kier molecular flexibility index (Phi) is 5.42. The van der Waals surface area contributed by atoms with Crippen molar-refractivity contribution in [1.29, 1.82) is 0 Å². The average molecular weight is 310 g/mol. The van der Waals surface area contributed by atoms with E-state index in [1.807, 2.05) is 6.92 Å². The molecule has 2 N–H and O–H groups in total. The van der Waals surface area contributed by atoms with Crippen molar-refractivity contribution in [2.75, 3.05) is 7.11 Å². The predicted molar refractivity (Wildman–Crippen MR) is 81.7 cm³/mol. The van der Waals surface area contributed by atoms with Gasteiger partial charge in [-0.25, -0.2) is 4.98 Å². The Hall–Kier alpha value is -1.09. The summed E-state index contributed by atoms with van der Waals surface area (Å²) in [4.78, 5) is 4.39. The summed E-state index contributed by atoms with van der Waals surface area (Å²) >= 11 is 2.94. The van der Waals surface area contributed by atoms with Gasteiger partial charge in [-0.05, 0) is 23.1 Å². The van der Waals surface area contributed by atoms with Gasteiger partial charge in [0.15, 0.2) is 4.34 Å². The lowest BCUT2D eigenvalue weighted by Crippen LogP contribution is -2.30. The summed E-state index contributed by atoms with van der Waals surface area (Å²) in [5, 5.41) is 18.4. The van der Waals surface area contributed by atoms with Crippen LogP contribution in [0.3, 0.4) is 0 Å². The lowest BCUT2D eigenvalue weighted by atomic mass is 9.79. The molecule has 1 aromatic heterocycles. The molecule has 0 bridgehead atoms. The van der Waals surface area contributed by atoms with E-state index >= 15 is 0 Å². The molecular formula is C12H15BN2O3S2. The molecule has 0 saturated carbocycles. The first-order valence-corrected chi connectivity index (χ1v) is 7.88. The van der Waals surface area contributed by atoms with E-state index in [-0.39, 0.29) is 0 Å². The van der Waals surface area contributed by atoms with E-state index < -0.39 is 7.12 Å². The van der Waals surface area contributed by atoms with Crippen molar-refractivity contribution in [1.82, 2.24) is 9.36 Å². The van der Waals surface area contributed by atoms with E-state index in [4.69, 9.17) is 4.74 Å². The maximum atomic E-state index is 9.22. The molecule has 0 aliphatic rings. The molecule has 0 aliphatic carbocycles. The maximum absolute atomic E-state index is 9.22. The molecule has 0 atom stereocenters. The summed E-state index contributed by atoms with van der Waals surface area (Å²) in [6, 6.07) is 5.11. The summed E-state index contributed by atoms with van der Waals surface area (Å²) in [6.45, 7) is 2.02. The summed E-state index contributed by atoms with van der Waals surface area (Å²) in [6.07, 6.45) is 0.826. The second-order valence-corrected chi connectivity index (χ2v) is 6.04. The zero-order chi connectivity index (χ0) is 14.5. The van der Waals surface area contributed by atoms with Gasteiger partial charge in [-0.15, -0.1) is 0 Å². The van der Waals surface area contributed by atoms with Crippen LogP contribution in [0.1, 0.15) is 18.3 Å². The second-order valence-electron chi connectivity index (χ2n) is 4.06. The van der Waals surface area contributed by atoms with E-state index in [1.165, 1.54) is 11.5 Å². The fourth-order valence-corrected chi connectivity index (χ4v) is 3.33. The third-order valence-electron chi connectivity index (χ3n) is 2.72. The number of nitrogens with zero attached hydrogens (tertiary/aromatic N) is 2. The molecule has 20 heavy (non-hydrogen) atoms. The molecule has 0 unspecified atom stereocenters. The van der Waals surface area contributed by atoms with Crippen LogP contribution in [-0.2, 0) is 12.2 Å². The number of aryl methyl sites for hydroxylation is 1. The number of thioether (sulfide) groups is 1. The number of aromatic nitrogens is 2. The van der Waals surface area contributed by atoms with Gasteiger partial charge in [0.25, 0.3) is 0 Å². The lowest BCUT2D eigenvalue weighted by molar-refractivity contribution is 0.410. The first kappa shape index (κ1) is 15.3. The van der Waals surface area contributed by atoms with E-state index in [0.29, 0.717) is 11.2 Å². The van der Waals surface area contributed by atoms with Gasteiger partial charge in [0.05, 0.1) is 7.11 Å². The number of rotatable bonds is 6. The van der Waals surface area contributed by atoms with Crippen LogP contribution in [-0.4, -0.2) is 33.6 Å². The van der Waals surface area contributed by atoms with Crippen LogP contribution in [0.4, 0.5) is 0 Å². The van der Waals surface area contributed by atoms with Gasteiger partial charge in [0, 0.05) is 17.7 Å². The molecule has 106 valence electrons. The number of benzene rings is 1. The van der Waals surface area contributed by atoms with Crippen LogP contribution in [0.15, 0.2) is 22.5 Å². The highest BCUT2D eigenvalue weighted by Gasteiger charge is 2.14. The molecule has 8 heteroatoms. The van der Waals surface area contributed by atoms with Gasteiger partial charge < -0.3 is 14.8 Å². The van der Waals surface area contributed by atoms with Crippen LogP contribution in [0, 0.1) is 0 Å². The van der Waals surface area contributed by atoms with Crippen molar-refractivity contribution in [2.45, 2.75) is 23.4 Å². The van der Waals surface area contributed by atoms with Crippen LogP contribution < -0.4 is 10.2 Å². The van der Waals surface area contributed by atoms with Gasteiger partial charge in [0.1, 0.15) is 11.6 Å². The SMILES string of the molecule is CCc1nsc(SCc2cc(B(O)O)ccc2OC)n1. The van der Waals surface area contributed by atoms with Crippen molar-refractivity contribution in [3.05, 3.63) is 29.6 Å². The van der Waals surface area contributed by atoms with E-state index in [1.54, 1.807) is 37.1 Å². The Bertz CT molecular complexity index is 578.